The van der Waals surface area contributed by atoms with E-state index in [0.29, 0.717) is 36.3 Å². The van der Waals surface area contributed by atoms with Gasteiger partial charge >= 0.3 is 6.09 Å². The van der Waals surface area contributed by atoms with Gasteiger partial charge in [-0.2, -0.15) is 0 Å². The fourth-order valence-corrected chi connectivity index (χ4v) is 5.90. The molecule has 0 fully saturated rings. The number of carbonyl (C=O) groups is 1. The smallest absolute Gasteiger partial charge is 0.415 e. The van der Waals surface area contributed by atoms with Crippen LogP contribution in [-0.4, -0.2) is 44.5 Å². The first-order chi connectivity index (χ1) is 20.8. The van der Waals surface area contributed by atoms with Gasteiger partial charge in [0.25, 0.3) is 0 Å². The molecule has 238 valence electrons. The summed E-state index contributed by atoms with van der Waals surface area (Å²) in [5.41, 5.74) is 1.62. The van der Waals surface area contributed by atoms with Crippen LogP contribution >= 0.6 is 0 Å². The molecule has 1 heterocycles. The average Bonchev–Trinajstić information content (AvgIpc) is 2.98. The highest BCUT2D eigenvalue weighted by molar-refractivity contribution is 7.92. The van der Waals surface area contributed by atoms with Crippen molar-refractivity contribution in [3.8, 4) is 5.75 Å². The lowest BCUT2D eigenvalue weighted by molar-refractivity contribution is -0.00141. The molecule has 1 aliphatic rings. The van der Waals surface area contributed by atoms with Crippen molar-refractivity contribution >= 4 is 27.5 Å². The number of benzene rings is 3. The van der Waals surface area contributed by atoms with Crippen LogP contribution in [0.25, 0.3) is 0 Å². The number of halogens is 1. The quantitative estimate of drug-likeness (QED) is 0.194. The molecular formula is C33H42FN3O6S. The SMILES string of the molecule is CCC1(CC)OC(=O)N(CCC(C)(C)NCC(O)c2ccc(OCc3ccccc3)c(NS(C)(=O)=O)c2)c2cc(F)ccc21. The molecule has 1 unspecified atom stereocenters. The standard InChI is InChI=1S/C33H42FN3O6S/c1-6-33(7-2)26-15-14-25(34)20-28(26)37(31(39)43-33)18-17-32(3,4)35-21-29(38)24-13-16-30(27(19-24)36-44(5,40)41)42-22-23-11-9-8-10-12-23/h8-16,19-20,29,35-36,38H,6-7,17-18,21-22H2,1-5H3. The zero-order valence-electron chi connectivity index (χ0n) is 25.9. The molecule has 0 bridgehead atoms. The van der Waals surface area contributed by atoms with Crippen molar-refractivity contribution in [2.24, 2.45) is 0 Å². The number of nitrogens with zero attached hydrogens (tertiary/aromatic N) is 1. The molecule has 4 rings (SSSR count). The van der Waals surface area contributed by atoms with Gasteiger partial charge in [-0.3, -0.25) is 9.62 Å². The highest BCUT2D eigenvalue weighted by atomic mass is 32.2. The van der Waals surface area contributed by atoms with Gasteiger partial charge in [-0.25, -0.2) is 17.6 Å². The van der Waals surface area contributed by atoms with Crippen LogP contribution in [-0.2, 0) is 27.0 Å². The first kappa shape index (κ1) is 33.2. The summed E-state index contributed by atoms with van der Waals surface area (Å²) in [6.07, 6.45) is 1.20. The molecule has 0 saturated carbocycles. The number of ether oxygens (including phenoxy) is 2. The molecule has 3 aromatic rings. The molecule has 1 amide bonds. The number of nitrogens with one attached hydrogen (secondary N) is 2. The third-order valence-corrected chi connectivity index (χ3v) is 8.63. The van der Waals surface area contributed by atoms with Gasteiger partial charge in [-0.1, -0.05) is 56.3 Å². The Kier molecular flexibility index (Phi) is 10.2. The van der Waals surface area contributed by atoms with Crippen LogP contribution in [0.15, 0.2) is 66.7 Å². The van der Waals surface area contributed by atoms with E-state index < -0.39 is 39.2 Å². The lowest BCUT2D eigenvalue weighted by Gasteiger charge is -2.42. The number of hydrogen-bond acceptors (Lipinski definition) is 7. The van der Waals surface area contributed by atoms with Crippen molar-refractivity contribution in [1.82, 2.24) is 5.32 Å². The molecule has 9 nitrogen and oxygen atoms in total. The molecule has 0 spiro atoms. The Morgan fingerprint density at radius 2 is 1.77 bits per heavy atom. The molecule has 1 aliphatic heterocycles. The van der Waals surface area contributed by atoms with E-state index in [4.69, 9.17) is 9.47 Å². The largest absolute Gasteiger partial charge is 0.487 e. The number of carbonyl (C=O) groups excluding carboxylic acids is 1. The molecule has 3 aromatic carbocycles. The summed E-state index contributed by atoms with van der Waals surface area (Å²) in [4.78, 5) is 14.6. The highest BCUT2D eigenvalue weighted by Gasteiger charge is 2.43. The molecule has 11 heteroatoms. The normalized spacial score (nSPS) is 15.3. The lowest BCUT2D eigenvalue weighted by atomic mass is 9.85. The Morgan fingerprint density at radius 3 is 2.43 bits per heavy atom. The summed E-state index contributed by atoms with van der Waals surface area (Å²) >= 11 is 0. The van der Waals surface area contributed by atoms with Crippen molar-refractivity contribution in [2.45, 2.75) is 70.8 Å². The molecule has 0 aromatic heterocycles. The fourth-order valence-electron chi connectivity index (χ4n) is 5.34. The summed E-state index contributed by atoms with van der Waals surface area (Å²) in [6, 6.07) is 18.8. The topological polar surface area (TPSA) is 117 Å². The minimum Gasteiger partial charge on any atom is -0.487 e. The van der Waals surface area contributed by atoms with Crippen LogP contribution in [0.2, 0.25) is 0 Å². The average molecular weight is 628 g/mol. The van der Waals surface area contributed by atoms with Crippen LogP contribution < -0.4 is 19.7 Å². The van der Waals surface area contributed by atoms with E-state index in [1.54, 1.807) is 24.3 Å². The zero-order valence-corrected chi connectivity index (χ0v) is 26.7. The summed E-state index contributed by atoms with van der Waals surface area (Å²) in [5, 5.41) is 14.4. The van der Waals surface area contributed by atoms with Crippen molar-refractivity contribution in [1.29, 1.82) is 0 Å². The second kappa shape index (κ2) is 13.5. The Morgan fingerprint density at radius 1 is 1.07 bits per heavy atom. The first-order valence-corrected chi connectivity index (χ1v) is 16.7. The number of amides is 1. The van der Waals surface area contributed by atoms with Gasteiger partial charge in [0.2, 0.25) is 10.0 Å². The van der Waals surface area contributed by atoms with E-state index in [1.807, 2.05) is 58.0 Å². The van der Waals surface area contributed by atoms with Crippen LogP contribution in [0.1, 0.15) is 69.8 Å². The number of sulfonamides is 1. The first-order valence-electron chi connectivity index (χ1n) is 14.8. The maximum atomic E-state index is 14.3. The van der Waals surface area contributed by atoms with Crippen molar-refractivity contribution in [3.05, 3.63) is 89.2 Å². The predicted molar refractivity (Wildman–Crippen MR) is 170 cm³/mol. The van der Waals surface area contributed by atoms with E-state index in [2.05, 4.69) is 10.0 Å². The molecule has 0 aliphatic carbocycles. The molecule has 0 radical (unpaired) electrons. The number of β-amino-alcohol motifs (C(OH)–C–C–N with tert-alkyl or cyclic N) is 1. The van der Waals surface area contributed by atoms with Gasteiger partial charge in [0.1, 0.15) is 23.8 Å². The second-order valence-electron chi connectivity index (χ2n) is 11.8. The summed E-state index contributed by atoms with van der Waals surface area (Å²) in [7, 11) is -3.61. The third-order valence-electron chi connectivity index (χ3n) is 8.04. The summed E-state index contributed by atoms with van der Waals surface area (Å²) in [5.74, 6) is -0.0879. The lowest BCUT2D eigenvalue weighted by Crippen LogP contribution is -2.49. The van der Waals surface area contributed by atoms with E-state index in [1.165, 1.54) is 17.0 Å². The number of aliphatic hydroxyl groups is 1. The van der Waals surface area contributed by atoms with E-state index in [9.17, 15) is 22.7 Å². The monoisotopic (exact) mass is 627 g/mol. The number of anilines is 2. The van der Waals surface area contributed by atoms with Crippen molar-refractivity contribution < 1.29 is 32.2 Å². The molecule has 1 atom stereocenters. The minimum absolute atomic E-state index is 0.153. The molecule has 3 N–H and O–H groups in total. The van der Waals surface area contributed by atoms with Gasteiger partial charge < -0.3 is 19.9 Å². The van der Waals surface area contributed by atoms with Crippen LogP contribution in [0, 0.1) is 5.82 Å². The Bertz CT molecular complexity index is 1560. The van der Waals surface area contributed by atoms with Gasteiger partial charge in [0, 0.05) is 24.2 Å². The van der Waals surface area contributed by atoms with Gasteiger partial charge in [0.05, 0.1) is 23.7 Å². The number of fused-ring (bicyclic) bond motifs is 1. The Balaban J connectivity index is 1.43. The van der Waals surface area contributed by atoms with E-state index in [0.717, 1.165) is 17.4 Å². The van der Waals surface area contributed by atoms with Crippen molar-refractivity contribution in [2.75, 3.05) is 29.0 Å². The number of rotatable bonds is 14. The maximum Gasteiger partial charge on any atom is 0.415 e. The van der Waals surface area contributed by atoms with E-state index >= 15 is 0 Å². The predicted octanol–water partition coefficient (Wildman–Crippen LogP) is 6.24. The molecular weight excluding hydrogens is 585 g/mol. The number of cyclic esters (lactones) is 1. The van der Waals surface area contributed by atoms with Crippen molar-refractivity contribution in [3.63, 3.8) is 0 Å². The zero-order chi connectivity index (χ0) is 32.1. The summed E-state index contributed by atoms with van der Waals surface area (Å²) in [6.45, 7) is 8.45. The Hall–Kier alpha value is -3.67. The van der Waals surface area contributed by atoms with Gasteiger partial charge in [-0.05, 0) is 68.5 Å². The number of hydrogen-bond donors (Lipinski definition) is 3. The minimum atomic E-state index is -3.61. The fraction of sp³-hybridized carbons (Fsp3) is 0.424. The van der Waals surface area contributed by atoms with Gasteiger partial charge in [-0.15, -0.1) is 0 Å². The van der Waals surface area contributed by atoms with Crippen LogP contribution in [0.4, 0.5) is 20.6 Å². The highest BCUT2D eigenvalue weighted by Crippen LogP contribution is 2.44. The maximum absolute atomic E-state index is 14.3. The van der Waals surface area contributed by atoms with Gasteiger partial charge in [0.15, 0.2) is 0 Å². The van der Waals surface area contributed by atoms with E-state index in [-0.39, 0.29) is 25.4 Å². The third kappa shape index (κ3) is 8.08. The number of aliphatic hydroxyl groups excluding tert-OH is 1. The van der Waals surface area contributed by atoms with Crippen LogP contribution in [0.5, 0.6) is 5.75 Å². The second-order valence-corrected chi connectivity index (χ2v) is 13.6. The van der Waals surface area contributed by atoms with Crippen LogP contribution in [0.3, 0.4) is 0 Å². The molecule has 0 saturated heterocycles. The Labute approximate surface area is 259 Å². The summed E-state index contributed by atoms with van der Waals surface area (Å²) < 4.78 is 52.7. The molecule has 44 heavy (non-hydrogen) atoms.